The molecule has 0 radical (unpaired) electrons. The third kappa shape index (κ3) is 6.69. The molecule has 0 fully saturated rings. The van der Waals surface area contributed by atoms with Crippen LogP contribution in [0.2, 0.25) is 0 Å². The van der Waals surface area contributed by atoms with Crippen LogP contribution in [0.1, 0.15) is 63.5 Å². The van der Waals surface area contributed by atoms with Crippen LogP contribution >= 0.6 is 0 Å². The van der Waals surface area contributed by atoms with E-state index in [2.05, 4.69) is 26.0 Å². The first kappa shape index (κ1) is 22.7. The first-order valence-corrected chi connectivity index (χ1v) is 10.4. The van der Waals surface area contributed by atoms with Crippen LogP contribution < -0.4 is 29.6 Å². The largest absolute Gasteiger partial charge is 1.00 e. The van der Waals surface area contributed by atoms with Crippen molar-refractivity contribution in [3.63, 3.8) is 0 Å². The molecule has 2 rings (SSSR count). The fourth-order valence-corrected chi connectivity index (χ4v) is 3.66. The van der Waals surface area contributed by atoms with Gasteiger partial charge in [-0.05, 0) is 59.7 Å². The van der Waals surface area contributed by atoms with Gasteiger partial charge >= 0.3 is 29.6 Å². The number of unbranched alkanes of at least 4 members (excludes halogenated alkanes) is 4. The van der Waals surface area contributed by atoms with E-state index in [1.54, 1.807) is 6.07 Å². The zero-order valence-corrected chi connectivity index (χ0v) is 18.5. The zero-order chi connectivity index (χ0) is 17.6. The fraction of sp³-hybridized carbons (Fsp3) is 0.500. The van der Waals surface area contributed by atoms with E-state index in [1.807, 2.05) is 6.07 Å². The Balaban J connectivity index is 0.00000312. The summed E-state index contributed by atoms with van der Waals surface area (Å²) in [6.07, 6.45) is 8.65. The molecular weight excluding hydrogens is 343 g/mol. The third-order valence-corrected chi connectivity index (χ3v) is 5.30. The van der Waals surface area contributed by atoms with E-state index in [-0.39, 0.29) is 34.5 Å². The predicted molar refractivity (Wildman–Crippen MR) is 98.4 cm³/mol. The smallest absolute Gasteiger partial charge is 0.744 e. The van der Waals surface area contributed by atoms with Gasteiger partial charge in [-0.15, -0.1) is 0 Å². The number of aryl methyl sites for hydroxylation is 2. The standard InChI is InChI=1S/C20H28O3S.Na/c1-3-5-7-9-16-11-12-18-15-19(24(21,22)23)14-17(20(18)13-16)10-8-6-4-2;/h11-15H,3-10H2,1-2H3,(H,21,22,23);/q;+1/p-1. The normalized spacial score (nSPS) is 11.5. The molecule has 0 spiro atoms. The van der Waals surface area contributed by atoms with Crippen molar-refractivity contribution in [1.29, 1.82) is 0 Å². The SMILES string of the molecule is CCCCCc1ccc2cc(S(=O)(=O)[O-])cc(CCCCC)c2c1.[Na+]. The summed E-state index contributed by atoms with van der Waals surface area (Å²) in [5.74, 6) is 0. The van der Waals surface area contributed by atoms with Crippen molar-refractivity contribution >= 4 is 20.9 Å². The molecule has 0 amide bonds. The number of hydrogen-bond donors (Lipinski definition) is 0. The van der Waals surface area contributed by atoms with Gasteiger partial charge in [0.25, 0.3) is 0 Å². The molecule has 25 heavy (non-hydrogen) atoms. The van der Waals surface area contributed by atoms with Crippen molar-refractivity contribution in [2.24, 2.45) is 0 Å². The third-order valence-electron chi connectivity index (χ3n) is 4.49. The minimum absolute atomic E-state index is 0. The second-order valence-corrected chi connectivity index (χ2v) is 7.89. The molecule has 132 valence electrons. The molecule has 2 aromatic carbocycles. The fourth-order valence-electron chi connectivity index (χ4n) is 3.10. The van der Waals surface area contributed by atoms with E-state index in [0.717, 1.165) is 48.4 Å². The number of rotatable bonds is 9. The first-order chi connectivity index (χ1) is 11.5. The Morgan fingerprint density at radius 2 is 1.52 bits per heavy atom. The van der Waals surface area contributed by atoms with E-state index in [9.17, 15) is 13.0 Å². The Labute approximate surface area is 174 Å². The van der Waals surface area contributed by atoms with Crippen molar-refractivity contribution in [2.75, 3.05) is 0 Å². The molecule has 0 aliphatic carbocycles. The van der Waals surface area contributed by atoms with E-state index in [0.29, 0.717) is 0 Å². The second-order valence-electron chi connectivity index (χ2n) is 6.51. The maximum absolute atomic E-state index is 11.4. The van der Waals surface area contributed by atoms with Crippen molar-refractivity contribution in [3.8, 4) is 0 Å². The first-order valence-electron chi connectivity index (χ1n) is 8.97. The molecule has 5 heteroatoms. The van der Waals surface area contributed by atoms with Gasteiger partial charge in [-0.25, -0.2) is 8.42 Å². The Hall–Kier alpha value is -0.390. The molecule has 0 aliphatic heterocycles. The average Bonchev–Trinajstić information content (AvgIpc) is 2.54. The predicted octanol–water partition coefficient (Wildman–Crippen LogP) is 2.21. The molecule has 2 aromatic rings. The topological polar surface area (TPSA) is 57.2 Å². The summed E-state index contributed by atoms with van der Waals surface area (Å²) in [7, 11) is -4.43. The van der Waals surface area contributed by atoms with Gasteiger partial charge in [-0.2, -0.15) is 0 Å². The molecule has 0 aliphatic rings. The molecule has 0 bridgehead atoms. The van der Waals surface area contributed by atoms with Crippen LogP contribution in [0.3, 0.4) is 0 Å². The van der Waals surface area contributed by atoms with Gasteiger partial charge in [0.15, 0.2) is 0 Å². The average molecular weight is 370 g/mol. The van der Waals surface area contributed by atoms with E-state index < -0.39 is 10.1 Å². The monoisotopic (exact) mass is 370 g/mol. The maximum atomic E-state index is 11.4. The van der Waals surface area contributed by atoms with Gasteiger partial charge in [-0.1, -0.05) is 57.7 Å². The Bertz CT molecular complexity index is 785. The van der Waals surface area contributed by atoms with Crippen LogP contribution in [0.5, 0.6) is 0 Å². The molecular formula is C20H27NaO3S. The van der Waals surface area contributed by atoms with Gasteiger partial charge in [-0.3, -0.25) is 0 Å². The van der Waals surface area contributed by atoms with Gasteiger partial charge < -0.3 is 4.55 Å². The van der Waals surface area contributed by atoms with E-state index >= 15 is 0 Å². The van der Waals surface area contributed by atoms with Crippen molar-refractivity contribution < 1.29 is 42.5 Å². The second kappa shape index (κ2) is 10.7. The molecule has 0 aromatic heterocycles. The van der Waals surface area contributed by atoms with Gasteiger partial charge in [0.05, 0.1) is 4.90 Å². The Morgan fingerprint density at radius 1 is 0.880 bits per heavy atom. The summed E-state index contributed by atoms with van der Waals surface area (Å²) < 4.78 is 34.3. The van der Waals surface area contributed by atoms with Crippen LogP contribution in [-0.4, -0.2) is 13.0 Å². The minimum Gasteiger partial charge on any atom is -0.744 e. The summed E-state index contributed by atoms with van der Waals surface area (Å²) in [5.41, 5.74) is 2.26. The summed E-state index contributed by atoms with van der Waals surface area (Å²) >= 11 is 0. The van der Waals surface area contributed by atoms with Crippen molar-refractivity contribution in [3.05, 3.63) is 41.5 Å². The van der Waals surface area contributed by atoms with Gasteiger partial charge in [0.2, 0.25) is 0 Å². The number of benzene rings is 2. The molecule has 0 N–H and O–H groups in total. The summed E-state index contributed by atoms with van der Waals surface area (Å²) in [5, 5.41) is 1.94. The van der Waals surface area contributed by atoms with Crippen molar-refractivity contribution in [2.45, 2.75) is 70.1 Å². The van der Waals surface area contributed by atoms with E-state index in [4.69, 9.17) is 0 Å². The maximum Gasteiger partial charge on any atom is 1.00 e. The molecule has 0 unspecified atom stereocenters. The molecule has 0 saturated heterocycles. The Morgan fingerprint density at radius 3 is 2.12 bits per heavy atom. The van der Waals surface area contributed by atoms with Gasteiger partial charge in [0.1, 0.15) is 10.1 Å². The van der Waals surface area contributed by atoms with Crippen LogP contribution in [0.25, 0.3) is 10.8 Å². The van der Waals surface area contributed by atoms with Crippen LogP contribution in [0, 0.1) is 0 Å². The number of hydrogen-bond acceptors (Lipinski definition) is 3. The minimum atomic E-state index is -4.43. The van der Waals surface area contributed by atoms with Crippen LogP contribution in [0.4, 0.5) is 0 Å². The van der Waals surface area contributed by atoms with Crippen LogP contribution in [0.15, 0.2) is 35.2 Å². The molecule has 0 saturated carbocycles. The van der Waals surface area contributed by atoms with Crippen molar-refractivity contribution in [1.82, 2.24) is 0 Å². The Kier molecular flexibility index (Phi) is 9.68. The molecule has 0 atom stereocenters. The molecule has 0 heterocycles. The molecule has 3 nitrogen and oxygen atoms in total. The summed E-state index contributed by atoms with van der Waals surface area (Å²) in [6, 6.07) is 9.27. The summed E-state index contributed by atoms with van der Waals surface area (Å²) in [6.45, 7) is 4.33. The summed E-state index contributed by atoms with van der Waals surface area (Å²) in [4.78, 5) is -0.111. The van der Waals surface area contributed by atoms with Crippen LogP contribution in [-0.2, 0) is 23.0 Å². The zero-order valence-electron chi connectivity index (χ0n) is 15.7. The number of fused-ring (bicyclic) bond motifs is 1. The van der Waals surface area contributed by atoms with E-state index in [1.165, 1.54) is 30.9 Å². The van der Waals surface area contributed by atoms with Gasteiger partial charge in [0, 0.05) is 0 Å². The quantitative estimate of drug-likeness (QED) is 0.386.